The second-order valence-electron chi connectivity index (χ2n) is 8.41. The normalized spacial score (nSPS) is 28.3. The minimum absolute atomic E-state index is 0.128. The highest BCUT2D eigenvalue weighted by Crippen LogP contribution is 2.36. The molecule has 156 valence electrons. The van der Waals surface area contributed by atoms with E-state index in [1.165, 1.54) is 69.8 Å². The van der Waals surface area contributed by atoms with E-state index in [2.05, 4.69) is 32.1 Å². The first kappa shape index (κ1) is 22.6. The molecule has 3 heteroatoms. The summed E-state index contributed by atoms with van der Waals surface area (Å²) in [5.41, 5.74) is 7.40. The van der Waals surface area contributed by atoms with Crippen molar-refractivity contribution >= 4 is 0 Å². The van der Waals surface area contributed by atoms with E-state index >= 15 is 0 Å². The Labute approximate surface area is 167 Å². The molecule has 2 rings (SSSR count). The fourth-order valence-electron chi connectivity index (χ4n) is 4.18. The van der Waals surface area contributed by atoms with E-state index in [1.807, 2.05) is 0 Å². The molecule has 2 atom stereocenters. The summed E-state index contributed by atoms with van der Waals surface area (Å²) in [6.07, 6.45) is 24.4. The third kappa shape index (κ3) is 8.50. The number of fused-ring (bicyclic) bond motifs is 1. The molecule has 1 aliphatic heterocycles. The van der Waals surface area contributed by atoms with E-state index in [-0.39, 0.29) is 24.5 Å². The van der Waals surface area contributed by atoms with E-state index < -0.39 is 0 Å². The summed E-state index contributed by atoms with van der Waals surface area (Å²) in [7, 11) is 0. The maximum absolute atomic E-state index is 6.23. The molecule has 1 saturated carbocycles. The van der Waals surface area contributed by atoms with E-state index in [1.54, 1.807) is 0 Å². The van der Waals surface area contributed by atoms with Crippen molar-refractivity contribution in [1.29, 1.82) is 0 Å². The number of unbranched alkanes of at least 4 members (excludes halogenated alkanes) is 8. The lowest BCUT2D eigenvalue weighted by molar-refractivity contribution is -0.0479. The highest BCUT2D eigenvalue weighted by atomic mass is 16.7. The quantitative estimate of drug-likeness (QED) is 0.280. The summed E-state index contributed by atoms with van der Waals surface area (Å²) >= 11 is 0. The van der Waals surface area contributed by atoms with Gasteiger partial charge in [0.1, 0.15) is 0 Å². The Kier molecular flexibility index (Phi) is 11.3. The molecule has 2 N–H and O–H groups in total. The lowest BCUT2D eigenvalue weighted by Crippen LogP contribution is -2.21. The lowest BCUT2D eigenvalue weighted by atomic mass is 10.0. The summed E-state index contributed by atoms with van der Waals surface area (Å²) in [6, 6.07) is 0.248. The molecule has 2 unspecified atom stereocenters. The molecule has 0 aromatic rings. The molecule has 27 heavy (non-hydrogen) atoms. The van der Waals surface area contributed by atoms with Crippen LogP contribution in [0.1, 0.15) is 104 Å². The monoisotopic (exact) mass is 377 g/mol. The minimum Gasteiger partial charge on any atom is -0.343 e. The maximum atomic E-state index is 6.23. The Morgan fingerprint density at radius 2 is 1.48 bits per heavy atom. The maximum Gasteiger partial charge on any atom is 0.180 e. The highest BCUT2D eigenvalue weighted by Gasteiger charge is 2.43. The van der Waals surface area contributed by atoms with Crippen LogP contribution in [0.15, 0.2) is 23.8 Å². The van der Waals surface area contributed by atoms with Crippen molar-refractivity contribution < 1.29 is 9.47 Å². The Hall–Kier alpha value is -0.640. The predicted octanol–water partition coefficient (Wildman–Crippen LogP) is 6.42. The number of hydrogen-bond acceptors (Lipinski definition) is 3. The number of ether oxygens (including phenoxy) is 2. The first-order valence-corrected chi connectivity index (χ1v) is 11.6. The number of nitrogens with two attached hydrogens (primary N) is 1. The largest absolute Gasteiger partial charge is 0.343 e. The van der Waals surface area contributed by atoms with Crippen LogP contribution < -0.4 is 5.73 Å². The van der Waals surface area contributed by atoms with Gasteiger partial charge in [-0.25, -0.2) is 0 Å². The van der Waals surface area contributed by atoms with Crippen LogP contribution in [0.3, 0.4) is 0 Å². The minimum atomic E-state index is -0.128. The van der Waals surface area contributed by atoms with Gasteiger partial charge in [0.25, 0.3) is 0 Å². The average molecular weight is 378 g/mol. The Morgan fingerprint density at radius 3 is 2.19 bits per heavy atom. The smallest absolute Gasteiger partial charge is 0.180 e. The van der Waals surface area contributed by atoms with Crippen molar-refractivity contribution in [3.05, 3.63) is 23.8 Å². The van der Waals surface area contributed by atoms with Crippen LogP contribution in [0.5, 0.6) is 0 Å². The molecular weight excluding hydrogens is 334 g/mol. The van der Waals surface area contributed by atoms with E-state index in [0.29, 0.717) is 0 Å². The number of allylic oxidation sites excluding steroid dienone is 3. The summed E-state index contributed by atoms with van der Waals surface area (Å²) < 4.78 is 12.5. The molecule has 2 aliphatic rings. The first-order chi connectivity index (χ1) is 13.2. The van der Waals surface area contributed by atoms with Gasteiger partial charge in [0.2, 0.25) is 0 Å². The Morgan fingerprint density at radius 1 is 0.852 bits per heavy atom. The predicted molar refractivity (Wildman–Crippen MR) is 115 cm³/mol. The molecule has 1 heterocycles. The van der Waals surface area contributed by atoms with Crippen molar-refractivity contribution in [1.82, 2.24) is 0 Å². The SMILES string of the molecule is CCCCC/C=C\CC=C(CCCCCCCC)C1OC2CC(N)CC2O1. The van der Waals surface area contributed by atoms with Gasteiger partial charge in [0.05, 0.1) is 12.2 Å². The van der Waals surface area contributed by atoms with E-state index in [0.717, 1.165) is 25.7 Å². The fourth-order valence-corrected chi connectivity index (χ4v) is 4.18. The van der Waals surface area contributed by atoms with Gasteiger partial charge in [-0.1, -0.05) is 77.0 Å². The van der Waals surface area contributed by atoms with Crippen molar-refractivity contribution in [2.24, 2.45) is 5.73 Å². The summed E-state index contributed by atoms with van der Waals surface area (Å²) in [6.45, 7) is 4.53. The molecule has 1 saturated heterocycles. The lowest BCUT2D eigenvalue weighted by Gasteiger charge is -2.17. The number of hydrogen-bond donors (Lipinski definition) is 1. The highest BCUT2D eigenvalue weighted by molar-refractivity contribution is 5.11. The van der Waals surface area contributed by atoms with Crippen LogP contribution in [-0.2, 0) is 9.47 Å². The molecule has 0 aromatic heterocycles. The molecule has 2 fully saturated rings. The zero-order valence-corrected chi connectivity index (χ0v) is 17.8. The van der Waals surface area contributed by atoms with Crippen molar-refractivity contribution in [2.75, 3.05) is 0 Å². The van der Waals surface area contributed by atoms with E-state index in [4.69, 9.17) is 15.2 Å². The standard InChI is InChI=1S/C24H43NO2/c1-3-5-7-9-11-13-15-17-20(16-14-12-10-8-6-4-2)24-26-22-18-21(25)19-23(22)27-24/h11,13,17,21-24H,3-10,12,14-16,18-19,25H2,1-2H3/b13-11-,20-17?. The summed E-state index contributed by atoms with van der Waals surface area (Å²) in [5, 5.41) is 0. The van der Waals surface area contributed by atoms with Gasteiger partial charge >= 0.3 is 0 Å². The fraction of sp³-hybridized carbons (Fsp3) is 0.833. The van der Waals surface area contributed by atoms with Crippen LogP contribution in [0.4, 0.5) is 0 Å². The Balaban J connectivity index is 1.78. The molecule has 0 spiro atoms. The molecule has 3 nitrogen and oxygen atoms in total. The van der Waals surface area contributed by atoms with Gasteiger partial charge in [-0.15, -0.1) is 0 Å². The molecule has 0 bridgehead atoms. The van der Waals surface area contributed by atoms with E-state index in [9.17, 15) is 0 Å². The molecule has 0 radical (unpaired) electrons. The van der Waals surface area contributed by atoms with Crippen molar-refractivity contribution in [3.8, 4) is 0 Å². The second kappa shape index (κ2) is 13.5. The van der Waals surface area contributed by atoms with Crippen molar-refractivity contribution in [3.63, 3.8) is 0 Å². The molecule has 1 aliphatic carbocycles. The zero-order valence-electron chi connectivity index (χ0n) is 17.8. The van der Waals surface area contributed by atoms with Crippen LogP contribution >= 0.6 is 0 Å². The third-order valence-electron chi connectivity index (χ3n) is 5.86. The number of rotatable bonds is 14. The third-order valence-corrected chi connectivity index (χ3v) is 5.86. The Bertz CT molecular complexity index is 432. The first-order valence-electron chi connectivity index (χ1n) is 11.6. The average Bonchev–Trinajstić information content (AvgIpc) is 3.19. The van der Waals surface area contributed by atoms with Crippen LogP contribution in [0, 0.1) is 0 Å². The topological polar surface area (TPSA) is 44.5 Å². The van der Waals surface area contributed by atoms with Gasteiger partial charge < -0.3 is 15.2 Å². The van der Waals surface area contributed by atoms with Gasteiger partial charge in [0.15, 0.2) is 6.29 Å². The van der Waals surface area contributed by atoms with Gasteiger partial charge in [0, 0.05) is 6.04 Å². The van der Waals surface area contributed by atoms with Crippen LogP contribution in [0.2, 0.25) is 0 Å². The van der Waals surface area contributed by atoms with Gasteiger partial charge in [-0.2, -0.15) is 0 Å². The zero-order chi connectivity index (χ0) is 19.3. The van der Waals surface area contributed by atoms with Crippen LogP contribution in [-0.4, -0.2) is 24.5 Å². The summed E-state index contributed by atoms with van der Waals surface area (Å²) in [5.74, 6) is 0. The molecular formula is C24H43NO2. The van der Waals surface area contributed by atoms with Gasteiger partial charge in [-0.05, 0) is 50.5 Å². The van der Waals surface area contributed by atoms with Crippen LogP contribution in [0.25, 0.3) is 0 Å². The summed E-state index contributed by atoms with van der Waals surface area (Å²) in [4.78, 5) is 0. The van der Waals surface area contributed by atoms with Crippen molar-refractivity contribution in [2.45, 2.75) is 128 Å². The van der Waals surface area contributed by atoms with Gasteiger partial charge in [-0.3, -0.25) is 0 Å². The molecule has 0 amide bonds. The molecule has 0 aromatic carbocycles. The second-order valence-corrected chi connectivity index (χ2v) is 8.41.